The van der Waals surface area contributed by atoms with E-state index in [0.717, 1.165) is 32.1 Å². The molecule has 0 bridgehead atoms. The molecule has 2 aliphatic carbocycles. The molecule has 2 unspecified atom stereocenters. The summed E-state index contributed by atoms with van der Waals surface area (Å²) in [5.74, 6) is 0.282. The molecule has 0 radical (unpaired) electrons. The highest BCUT2D eigenvalue weighted by atomic mass is 16.2. The monoisotopic (exact) mass is 238 g/mol. The number of nitrogens with two attached hydrogens (primary N) is 1. The summed E-state index contributed by atoms with van der Waals surface area (Å²) in [6, 6.07) is 0.485. The molecule has 0 aliphatic heterocycles. The summed E-state index contributed by atoms with van der Waals surface area (Å²) in [5.41, 5.74) is 6.43. The number of carbonyl (C=O) groups is 1. The third kappa shape index (κ3) is 3.21. The number of hydrogen-bond acceptors (Lipinski definition) is 2. The van der Waals surface area contributed by atoms with Gasteiger partial charge in [-0.15, -0.1) is 0 Å². The van der Waals surface area contributed by atoms with Crippen molar-refractivity contribution in [2.75, 3.05) is 0 Å². The Morgan fingerprint density at radius 1 is 1.18 bits per heavy atom. The molecule has 2 atom stereocenters. The molecule has 98 valence electrons. The first-order chi connectivity index (χ1) is 7.98. The molecule has 0 spiro atoms. The Labute approximate surface area is 105 Å². The lowest BCUT2D eigenvalue weighted by Crippen LogP contribution is -2.45. The highest BCUT2D eigenvalue weighted by Gasteiger charge is 2.33. The molecule has 3 N–H and O–H groups in total. The van der Waals surface area contributed by atoms with Crippen LogP contribution in [0.25, 0.3) is 0 Å². The zero-order valence-corrected chi connectivity index (χ0v) is 11.2. The first-order valence-corrected chi connectivity index (χ1v) is 7.04. The second-order valence-electron chi connectivity index (χ2n) is 6.65. The minimum atomic E-state index is 0.0740. The first kappa shape index (κ1) is 12.9. The van der Waals surface area contributed by atoms with Crippen molar-refractivity contribution in [1.82, 2.24) is 5.32 Å². The van der Waals surface area contributed by atoms with E-state index in [1.807, 2.05) is 0 Å². The molecule has 0 saturated heterocycles. The van der Waals surface area contributed by atoms with E-state index >= 15 is 0 Å². The van der Waals surface area contributed by atoms with Gasteiger partial charge in [-0.1, -0.05) is 20.3 Å². The van der Waals surface area contributed by atoms with E-state index in [2.05, 4.69) is 19.2 Å². The zero-order valence-electron chi connectivity index (χ0n) is 11.2. The third-order valence-electron chi connectivity index (χ3n) is 4.59. The van der Waals surface area contributed by atoms with E-state index in [1.54, 1.807) is 0 Å². The van der Waals surface area contributed by atoms with Crippen LogP contribution in [0.1, 0.15) is 58.8 Å². The molecule has 3 nitrogen and oxygen atoms in total. The summed E-state index contributed by atoms with van der Waals surface area (Å²) < 4.78 is 0. The molecule has 1 amide bonds. The van der Waals surface area contributed by atoms with E-state index in [1.165, 1.54) is 12.8 Å². The predicted octanol–water partition coefficient (Wildman–Crippen LogP) is 2.20. The quantitative estimate of drug-likeness (QED) is 0.775. The van der Waals surface area contributed by atoms with Gasteiger partial charge in [0.1, 0.15) is 0 Å². The molecule has 2 saturated carbocycles. The van der Waals surface area contributed by atoms with Crippen molar-refractivity contribution >= 4 is 5.91 Å². The van der Waals surface area contributed by atoms with Crippen LogP contribution in [0, 0.1) is 11.3 Å². The maximum atomic E-state index is 12.1. The fourth-order valence-corrected chi connectivity index (χ4v) is 3.17. The standard InChI is InChI=1S/C14H26N2O/c1-14(2)8-6-10(7-9-14)16-13(17)11-4-3-5-12(11)15/h10-12H,3-9,15H2,1-2H3,(H,16,17). The van der Waals surface area contributed by atoms with Gasteiger partial charge in [-0.25, -0.2) is 0 Å². The average molecular weight is 238 g/mol. The van der Waals surface area contributed by atoms with Crippen LogP contribution < -0.4 is 11.1 Å². The van der Waals surface area contributed by atoms with Crippen molar-refractivity contribution in [3.63, 3.8) is 0 Å². The molecule has 0 aromatic carbocycles. The molecule has 2 aliphatic rings. The van der Waals surface area contributed by atoms with Crippen LogP contribution in [0.5, 0.6) is 0 Å². The van der Waals surface area contributed by atoms with Crippen molar-refractivity contribution in [2.24, 2.45) is 17.1 Å². The molecular weight excluding hydrogens is 212 g/mol. The largest absolute Gasteiger partial charge is 0.353 e. The third-order valence-corrected chi connectivity index (χ3v) is 4.59. The normalized spacial score (nSPS) is 33.6. The van der Waals surface area contributed by atoms with E-state index in [0.29, 0.717) is 11.5 Å². The van der Waals surface area contributed by atoms with E-state index in [4.69, 9.17) is 5.73 Å². The average Bonchev–Trinajstić information content (AvgIpc) is 2.68. The second-order valence-corrected chi connectivity index (χ2v) is 6.65. The van der Waals surface area contributed by atoms with Crippen LogP contribution in [0.3, 0.4) is 0 Å². The fraction of sp³-hybridized carbons (Fsp3) is 0.929. The molecule has 3 heteroatoms. The number of hydrogen-bond donors (Lipinski definition) is 2. The van der Waals surface area contributed by atoms with Crippen LogP contribution in [0.15, 0.2) is 0 Å². The van der Waals surface area contributed by atoms with Crippen molar-refractivity contribution in [1.29, 1.82) is 0 Å². The van der Waals surface area contributed by atoms with Gasteiger partial charge in [0, 0.05) is 12.1 Å². The second kappa shape index (κ2) is 4.97. The van der Waals surface area contributed by atoms with Gasteiger partial charge in [0.05, 0.1) is 5.92 Å². The molecular formula is C14H26N2O. The van der Waals surface area contributed by atoms with Crippen molar-refractivity contribution in [2.45, 2.75) is 70.9 Å². The van der Waals surface area contributed by atoms with E-state index in [9.17, 15) is 4.79 Å². The SMILES string of the molecule is CC1(C)CCC(NC(=O)C2CCCC2N)CC1. The Kier molecular flexibility index (Phi) is 3.76. The van der Waals surface area contributed by atoms with Crippen LogP contribution in [0.2, 0.25) is 0 Å². The topological polar surface area (TPSA) is 55.1 Å². The molecule has 2 fully saturated rings. The van der Waals surface area contributed by atoms with Crippen LogP contribution >= 0.6 is 0 Å². The van der Waals surface area contributed by atoms with E-state index < -0.39 is 0 Å². The summed E-state index contributed by atoms with van der Waals surface area (Å²) in [5, 5.41) is 3.21. The van der Waals surface area contributed by atoms with Gasteiger partial charge in [-0.2, -0.15) is 0 Å². The lowest BCUT2D eigenvalue weighted by Gasteiger charge is -2.35. The Morgan fingerprint density at radius 2 is 1.82 bits per heavy atom. The first-order valence-electron chi connectivity index (χ1n) is 7.04. The van der Waals surface area contributed by atoms with E-state index in [-0.39, 0.29) is 17.9 Å². The zero-order chi connectivity index (χ0) is 12.5. The highest BCUT2D eigenvalue weighted by Crippen LogP contribution is 2.35. The summed E-state index contributed by atoms with van der Waals surface area (Å²) in [4.78, 5) is 12.1. The minimum absolute atomic E-state index is 0.0740. The Morgan fingerprint density at radius 3 is 2.35 bits per heavy atom. The summed E-state index contributed by atoms with van der Waals surface area (Å²) in [6.07, 6.45) is 7.78. The van der Waals surface area contributed by atoms with Gasteiger partial charge >= 0.3 is 0 Å². The lowest BCUT2D eigenvalue weighted by atomic mass is 9.75. The van der Waals surface area contributed by atoms with Gasteiger partial charge in [-0.05, 0) is 43.9 Å². The van der Waals surface area contributed by atoms with Gasteiger partial charge in [0.25, 0.3) is 0 Å². The number of nitrogens with one attached hydrogen (secondary N) is 1. The maximum absolute atomic E-state index is 12.1. The smallest absolute Gasteiger partial charge is 0.224 e. The number of amides is 1. The van der Waals surface area contributed by atoms with Crippen molar-refractivity contribution in [3.05, 3.63) is 0 Å². The Bertz CT molecular complexity index is 278. The lowest BCUT2D eigenvalue weighted by molar-refractivity contribution is -0.126. The van der Waals surface area contributed by atoms with Gasteiger partial charge < -0.3 is 11.1 Å². The summed E-state index contributed by atoms with van der Waals surface area (Å²) in [6.45, 7) is 4.63. The van der Waals surface area contributed by atoms with Crippen LogP contribution in [-0.2, 0) is 4.79 Å². The van der Waals surface area contributed by atoms with Crippen LogP contribution in [-0.4, -0.2) is 18.0 Å². The summed E-state index contributed by atoms with van der Waals surface area (Å²) >= 11 is 0. The fourth-order valence-electron chi connectivity index (χ4n) is 3.17. The van der Waals surface area contributed by atoms with Gasteiger partial charge in [0.15, 0.2) is 0 Å². The minimum Gasteiger partial charge on any atom is -0.353 e. The van der Waals surface area contributed by atoms with Gasteiger partial charge in [-0.3, -0.25) is 4.79 Å². The summed E-state index contributed by atoms with van der Waals surface area (Å²) in [7, 11) is 0. The molecule has 0 heterocycles. The Balaban J connectivity index is 1.80. The van der Waals surface area contributed by atoms with Crippen LogP contribution in [0.4, 0.5) is 0 Å². The number of rotatable bonds is 2. The van der Waals surface area contributed by atoms with Crippen molar-refractivity contribution < 1.29 is 4.79 Å². The van der Waals surface area contributed by atoms with Crippen molar-refractivity contribution in [3.8, 4) is 0 Å². The molecule has 2 rings (SSSR count). The highest BCUT2D eigenvalue weighted by molar-refractivity contribution is 5.80. The molecule has 0 aromatic heterocycles. The Hall–Kier alpha value is -0.570. The number of carbonyl (C=O) groups excluding carboxylic acids is 1. The molecule has 17 heavy (non-hydrogen) atoms. The van der Waals surface area contributed by atoms with Gasteiger partial charge in [0.2, 0.25) is 5.91 Å². The predicted molar refractivity (Wildman–Crippen MR) is 69.5 cm³/mol. The maximum Gasteiger partial charge on any atom is 0.224 e. The molecule has 0 aromatic rings.